The molecule has 0 bridgehead atoms. The molecule has 1 aromatic heterocycles. The molecule has 2 atom stereocenters. The molecule has 2 amide bonds. The average Bonchev–Trinajstić information content (AvgIpc) is 3.22. The molecule has 0 unspecified atom stereocenters. The third kappa shape index (κ3) is 7.25. The number of carbonyl (C=O) groups excluding carboxylic acids is 3. The summed E-state index contributed by atoms with van der Waals surface area (Å²) >= 11 is 1.16. The quantitative estimate of drug-likeness (QED) is 0.244. The second kappa shape index (κ2) is 14.6. The molecule has 0 saturated heterocycles. The predicted molar refractivity (Wildman–Crippen MR) is 176 cm³/mol. The van der Waals surface area contributed by atoms with Gasteiger partial charge in [0.2, 0.25) is 23.0 Å². The number of thiazole rings is 1. The zero-order chi connectivity index (χ0) is 33.7. The van der Waals surface area contributed by atoms with Crippen molar-refractivity contribution in [1.29, 1.82) is 0 Å². The first-order valence-electron chi connectivity index (χ1n) is 14.8. The van der Waals surface area contributed by atoms with Crippen LogP contribution < -0.4 is 35.6 Å². The maximum atomic E-state index is 13.8. The molecule has 3 aromatic rings. The third-order valence-corrected chi connectivity index (χ3v) is 8.56. The van der Waals surface area contributed by atoms with Crippen LogP contribution in [-0.4, -0.2) is 57.2 Å². The van der Waals surface area contributed by atoms with Crippen LogP contribution in [0.25, 0.3) is 11.1 Å². The number of aromatic nitrogens is 1. The fraction of sp³-hybridized carbons (Fsp3) is 0.424. The van der Waals surface area contributed by atoms with E-state index in [0.29, 0.717) is 52.5 Å². The van der Waals surface area contributed by atoms with E-state index in [9.17, 15) is 19.2 Å². The van der Waals surface area contributed by atoms with E-state index in [1.54, 1.807) is 26.2 Å². The molecule has 13 heteroatoms. The van der Waals surface area contributed by atoms with Crippen molar-refractivity contribution >= 4 is 39.9 Å². The number of nitrogens with zero attached hydrogens (tertiary/aromatic N) is 1. The summed E-state index contributed by atoms with van der Waals surface area (Å²) in [5.41, 5.74) is 2.87. The van der Waals surface area contributed by atoms with Gasteiger partial charge in [-0.25, -0.2) is 9.78 Å². The van der Waals surface area contributed by atoms with Crippen LogP contribution in [0.3, 0.4) is 0 Å². The van der Waals surface area contributed by atoms with Crippen LogP contribution in [0.1, 0.15) is 66.1 Å². The highest BCUT2D eigenvalue weighted by Gasteiger charge is 2.30. The van der Waals surface area contributed by atoms with Gasteiger partial charge in [0.15, 0.2) is 22.3 Å². The molecule has 0 radical (unpaired) electrons. The summed E-state index contributed by atoms with van der Waals surface area (Å²) in [6.45, 7) is 7.10. The minimum Gasteiger partial charge on any atom is -0.493 e. The zero-order valence-corrected chi connectivity index (χ0v) is 28.1. The van der Waals surface area contributed by atoms with Gasteiger partial charge in [0.1, 0.15) is 6.04 Å². The van der Waals surface area contributed by atoms with E-state index in [-0.39, 0.29) is 33.8 Å². The van der Waals surface area contributed by atoms with Gasteiger partial charge in [0.05, 0.1) is 40.2 Å². The second-order valence-corrected chi connectivity index (χ2v) is 12.5. The SMILES string of the molecule is COC(=O)c1nc(NC(=O)[C@@H](CC(C)C)Nc2ccc3c(cc2=O)[C@@H](NC(C)=O)CCc2cc(OC)c(OC)c(OC)c2-3)sc1C. The van der Waals surface area contributed by atoms with Crippen molar-refractivity contribution in [3.8, 4) is 28.4 Å². The fourth-order valence-corrected chi connectivity index (χ4v) is 6.45. The first-order valence-corrected chi connectivity index (χ1v) is 15.6. The highest BCUT2D eigenvalue weighted by molar-refractivity contribution is 7.16. The number of benzene rings is 1. The summed E-state index contributed by atoms with van der Waals surface area (Å²) in [5, 5.41) is 9.19. The molecule has 0 fully saturated rings. The van der Waals surface area contributed by atoms with Gasteiger partial charge < -0.3 is 34.9 Å². The number of methoxy groups -OCH3 is 4. The Morgan fingerprint density at radius 3 is 2.37 bits per heavy atom. The van der Waals surface area contributed by atoms with Crippen molar-refractivity contribution in [2.45, 2.75) is 59.0 Å². The van der Waals surface area contributed by atoms with Gasteiger partial charge in [-0.1, -0.05) is 19.9 Å². The van der Waals surface area contributed by atoms with Crippen LogP contribution in [-0.2, 0) is 20.7 Å². The highest BCUT2D eigenvalue weighted by Crippen LogP contribution is 2.50. The predicted octanol–water partition coefficient (Wildman–Crippen LogP) is 4.88. The van der Waals surface area contributed by atoms with E-state index in [1.165, 1.54) is 34.3 Å². The molecule has 1 heterocycles. The Morgan fingerprint density at radius 1 is 1.04 bits per heavy atom. The van der Waals surface area contributed by atoms with Crippen LogP contribution in [0.4, 0.5) is 10.8 Å². The fourth-order valence-electron chi connectivity index (χ4n) is 5.65. The van der Waals surface area contributed by atoms with Gasteiger partial charge in [-0.3, -0.25) is 14.4 Å². The molecule has 0 saturated carbocycles. The number of amides is 2. The number of aryl methyl sites for hydroxylation is 2. The van der Waals surface area contributed by atoms with Gasteiger partial charge >= 0.3 is 5.97 Å². The van der Waals surface area contributed by atoms with E-state index < -0.39 is 24.0 Å². The Morgan fingerprint density at radius 2 is 1.76 bits per heavy atom. The minimum absolute atomic E-state index is 0.0962. The number of fused-ring (bicyclic) bond motifs is 3. The summed E-state index contributed by atoms with van der Waals surface area (Å²) < 4.78 is 21.9. The monoisotopic (exact) mass is 652 g/mol. The Balaban J connectivity index is 1.81. The zero-order valence-electron chi connectivity index (χ0n) is 27.3. The van der Waals surface area contributed by atoms with Crippen LogP contribution in [0.5, 0.6) is 17.2 Å². The average molecular weight is 653 g/mol. The number of ether oxygens (including phenoxy) is 4. The number of anilines is 2. The van der Waals surface area contributed by atoms with Crippen LogP contribution >= 0.6 is 11.3 Å². The lowest BCUT2D eigenvalue weighted by molar-refractivity contribution is -0.120. The van der Waals surface area contributed by atoms with Gasteiger partial charge in [-0.2, -0.15) is 0 Å². The van der Waals surface area contributed by atoms with E-state index in [4.69, 9.17) is 18.9 Å². The third-order valence-electron chi connectivity index (χ3n) is 7.67. The largest absolute Gasteiger partial charge is 0.493 e. The van der Waals surface area contributed by atoms with Gasteiger partial charge in [0.25, 0.3) is 0 Å². The van der Waals surface area contributed by atoms with Crippen molar-refractivity contribution in [3.05, 3.63) is 56.2 Å². The Bertz CT molecular complexity index is 1700. The molecule has 246 valence electrons. The summed E-state index contributed by atoms with van der Waals surface area (Å²) in [5.74, 6) is 0.207. The van der Waals surface area contributed by atoms with Crippen molar-refractivity contribution in [2.24, 2.45) is 5.92 Å². The van der Waals surface area contributed by atoms with Crippen molar-refractivity contribution in [2.75, 3.05) is 39.1 Å². The number of carbonyl (C=O) groups is 3. The lowest BCUT2D eigenvalue weighted by atomic mass is 9.95. The number of hydrogen-bond acceptors (Lipinski definition) is 11. The molecule has 0 spiro atoms. The topological polar surface area (TPSA) is 154 Å². The summed E-state index contributed by atoms with van der Waals surface area (Å²) in [4.78, 5) is 56.5. The van der Waals surface area contributed by atoms with Gasteiger partial charge in [-0.05, 0) is 67.0 Å². The summed E-state index contributed by atoms with van der Waals surface area (Å²) in [6, 6.07) is 5.54. The Labute approximate surface area is 271 Å². The van der Waals surface area contributed by atoms with Crippen LogP contribution in [0, 0.1) is 12.8 Å². The Hall–Kier alpha value is -4.65. The standard InChI is InChI=1S/C33H40N4O8S/c1-16(2)13-24(31(40)37-33-36-28(17(3)46-33)32(41)45-8)35-23-12-10-20-21(15-25(23)39)22(34-18(4)38)11-9-19-14-26(42-5)29(43-6)30(44-7)27(19)20/h10,12,14-16,22,24H,9,11,13H2,1-8H3,(H,34,38)(H,35,39)(H,36,37,40)/t22-,24+/m0/s1. The highest BCUT2D eigenvalue weighted by atomic mass is 32.1. The van der Waals surface area contributed by atoms with E-state index in [2.05, 4.69) is 20.9 Å². The van der Waals surface area contributed by atoms with Crippen LogP contribution in [0.2, 0.25) is 0 Å². The van der Waals surface area contributed by atoms with Crippen molar-refractivity contribution in [3.63, 3.8) is 0 Å². The van der Waals surface area contributed by atoms with E-state index in [1.807, 2.05) is 19.9 Å². The first-order chi connectivity index (χ1) is 21.9. The lowest BCUT2D eigenvalue weighted by Crippen LogP contribution is -2.37. The normalized spacial score (nSPS) is 14.2. The van der Waals surface area contributed by atoms with Crippen LogP contribution in [0.15, 0.2) is 29.1 Å². The molecule has 2 aromatic carbocycles. The molecule has 3 N–H and O–H groups in total. The number of esters is 1. The smallest absolute Gasteiger partial charge is 0.357 e. The molecular formula is C33H40N4O8S. The summed E-state index contributed by atoms with van der Waals surface area (Å²) in [6.07, 6.45) is 1.49. The number of nitrogens with one attached hydrogen (secondary N) is 3. The molecular weight excluding hydrogens is 612 g/mol. The van der Waals surface area contributed by atoms with Crippen molar-refractivity contribution < 1.29 is 33.3 Å². The van der Waals surface area contributed by atoms with E-state index in [0.717, 1.165) is 22.5 Å². The second-order valence-electron chi connectivity index (χ2n) is 11.3. The molecule has 1 aliphatic carbocycles. The minimum atomic E-state index is -0.807. The number of hydrogen-bond donors (Lipinski definition) is 3. The Kier molecular flexibility index (Phi) is 10.9. The molecule has 4 rings (SSSR count). The molecule has 46 heavy (non-hydrogen) atoms. The maximum Gasteiger partial charge on any atom is 0.357 e. The first kappa shape index (κ1) is 34.2. The maximum absolute atomic E-state index is 13.8. The number of rotatable bonds is 11. The van der Waals surface area contributed by atoms with Crippen molar-refractivity contribution in [1.82, 2.24) is 10.3 Å². The van der Waals surface area contributed by atoms with Gasteiger partial charge in [-0.15, -0.1) is 11.3 Å². The lowest BCUT2D eigenvalue weighted by Gasteiger charge is -2.20. The summed E-state index contributed by atoms with van der Waals surface area (Å²) in [7, 11) is 5.88. The van der Waals surface area contributed by atoms with Gasteiger partial charge in [0, 0.05) is 17.4 Å². The molecule has 0 aliphatic heterocycles. The molecule has 12 nitrogen and oxygen atoms in total. The molecule has 1 aliphatic rings. The van der Waals surface area contributed by atoms with E-state index >= 15 is 0 Å².